The van der Waals surface area contributed by atoms with Gasteiger partial charge in [0.15, 0.2) is 0 Å². The van der Waals surface area contributed by atoms with Gasteiger partial charge in [0.1, 0.15) is 23.8 Å². The van der Waals surface area contributed by atoms with Crippen molar-refractivity contribution in [2.24, 2.45) is 4.99 Å². The lowest BCUT2D eigenvalue weighted by molar-refractivity contribution is 0.0523. The quantitative estimate of drug-likeness (QED) is 0.865. The second kappa shape index (κ2) is 7.55. The zero-order valence-corrected chi connectivity index (χ0v) is 14.4. The standard InChI is InChI=1S/C16H22ClN3O3/c1-16(2,3)23-15(21)20-9-11-8-12(17)4-5-13(11)22-10-14-18-6-7-19-14/h4-5,8H,6-7,9-10H2,1-3H3,(H,18,19)(H,20,21). The molecule has 1 heterocycles. The van der Waals surface area contributed by atoms with E-state index in [1.165, 1.54) is 0 Å². The summed E-state index contributed by atoms with van der Waals surface area (Å²) in [6.07, 6.45) is -0.481. The molecule has 0 aliphatic carbocycles. The number of ether oxygens (including phenoxy) is 2. The van der Waals surface area contributed by atoms with Gasteiger partial charge < -0.3 is 20.1 Å². The number of amides is 1. The van der Waals surface area contributed by atoms with Gasteiger partial charge in [-0.2, -0.15) is 0 Å². The number of carbonyl (C=O) groups excluding carboxylic acids is 1. The van der Waals surface area contributed by atoms with Gasteiger partial charge in [-0.15, -0.1) is 0 Å². The molecule has 126 valence electrons. The van der Waals surface area contributed by atoms with Crippen molar-refractivity contribution in [3.05, 3.63) is 28.8 Å². The van der Waals surface area contributed by atoms with Crippen LogP contribution in [0.5, 0.6) is 5.75 Å². The van der Waals surface area contributed by atoms with Crippen LogP contribution >= 0.6 is 11.6 Å². The second-order valence-corrected chi connectivity index (χ2v) is 6.59. The van der Waals surface area contributed by atoms with E-state index in [-0.39, 0.29) is 6.54 Å². The molecule has 1 aliphatic heterocycles. The molecule has 1 aromatic carbocycles. The molecule has 0 saturated carbocycles. The molecule has 1 aromatic rings. The Balaban J connectivity index is 1.96. The van der Waals surface area contributed by atoms with Crippen LogP contribution in [0.3, 0.4) is 0 Å². The number of carbonyl (C=O) groups is 1. The molecule has 23 heavy (non-hydrogen) atoms. The van der Waals surface area contributed by atoms with Crippen molar-refractivity contribution in [1.82, 2.24) is 10.6 Å². The van der Waals surface area contributed by atoms with Crippen LogP contribution in [0.25, 0.3) is 0 Å². The van der Waals surface area contributed by atoms with Crippen LogP contribution in [0, 0.1) is 0 Å². The Morgan fingerprint density at radius 1 is 1.43 bits per heavy atom. The molecule has 1 amide bonds. The van der Waals surface area contributed by atoms with Crippen molar-refractivity contribution in [3.63, 3.8) is 0 Å². The van der Waals surface area contributed by atoms with Crippen LogP contribution in [-0.4, -0.2) is 37.2 Å². The lowest BCUT2D eigenvalue weighted by Gasteiger charge is -2.20. The van der Waals surface area contributed by atoms with Gasteiger partial charge in [-0.3, -0.25) is 4.99 Å². The molecule has 0 radical (unpaired) electrons. The fraction of sp³-hybridized carbons (Fsp3) is 0.500. The maximum absolute atomic E-state index is 11.8. The monoisotopic (exact) mass is 339 g/mol. The fourth-order valence-electron chi connectivity index (χ4n) is 2.00. The number of alkyl carbamates (subject to hydrolysis) is 1. The molecule has 0 unspecified atom stereocenters. The predicted molar refractivity (Wildman–Crippen MR) is 90.3 cm³/mol. The van der Waals surface area contributed by atoms with Gasteiger partial charge in [-0.1, -0.05) is 11.6 Å². The molecule has 2 N–H and O–H groups in total. The summed E-state index contributed by atoms with van der Waals surface area (Å²) in [6.45, 7) is 7.69. The summed E-state index contributed by atoms with van der Waals surface area (Å²) in [5.41, 5.74) is 0.242. The van der Waals surface area contributed by atoms with E-state index in [2.05, 4.69) is 15.6 Å². The average molecular weight is 340 g/mol. The molecule has 0 fully saturated rings. The van der Waals surface area contributed by atoms with Crippen molar-refractivity contribution in [3.8, 4) is 5.75 Å². The molecular formula is C16H22ClN3O3. The Morgan fingerprint density at radius 3 is 2.87 bits per heavy atom. The Bertz CT molecular complexity index is 597. The van der Waals surface area contributed by atoms with Gasteiger partial charge in [0.05, 0.1) is 6.54 Å². The summed E-state index contributed by atoms with van der Waals surface area (Å²) in [7, 11) is 0. The van der Waals surface area contributed by atoms with Crippen molar-refractivity contribution >= 4 is 23.5 Å². The highest BCUT2D eigenvalue weighted by molar-refractivity contribution is 6.30. The Hall–Kier alpha value is -1.95. The fourth-order valence-corrected chi connectivity index (χ4v) is 2.19. The maximum atomic E-state index is 11.8. The minimum atomic E-state index is -0.538. The smallest absolute Gasteiger partial charge is 0.407 e. The van der Waals surface area contributed by atoms with E-state index in [9.17, 15) is 4.79 Å². The lowest BCUT2D eigenvalue weighted by Crippen LogP contribution is -2.32. The van der Waals surface area contributed by atoms with Crippen molar-refractivity contribution in [2.45, 2.75) is 32.9 Å². The largest absolute Gasteiger partial charge is 0.485 e. The SMILES string of the molecule is CC(C)(C)OC(=O)NCc1cc(Cl)ccc1OCC1=NCCN1. The van der Waals surface area contributed by atoms with Crippen molar-refractivity contribution in [2.75, 3.05) is 19.7 Å². The summed E-state index contributed by atoms with van der Waals surface area (Å²) in [5.74, 6) is 1.48. The molecule has 2 rings (SSSR count). The van der Waals surface area contributed by atoms with E-state index < -0.39 is 11.7 Å². The average Bonchev–Trinajstić information content (AvgIpc) is 2.95. The van der Waals surface area contributed by atoms with Crippen LogP contribution in [-0.2, 0) is 11.3 Å². The van der Waals surface area contributed by atoms with E-state index in [4.69, 9.17) is 21.1 Å². The predicted octanol–water partition coefficient (Wildman–Crippen LogP) is 2.75. The van der Waals surface area contributed by atoms with E-state index in [1.807, 2.05) is 20.8 Å². The van der Waals surface area contributed by atoms with Gasteiger partial charge in [0.25, 0.3) is 0 Å². The van der Waals surface area contributed by atoms with E-state index >= 15 is 0 Å². The number of aliphatic imine (C=N–C) groups is 1. The first-order valence-corrected chi connectivity index (χ1v) is 7.86. The Labute approximate surface area is 141 Å². The molecule has 1 aliphatic rings. The maximum Gasteiger partial charge on any atom is 0.407 e. The molecule has 0 atom stereocenters. The number of nitrogens with one attached hydrogen (secondary N) is 2. The Morgan fingerprint density at radius 2 is 2.22 bits per heavy atom. The molecule has 0 spiro atoms. The highest BCUT2D eigenvalue weighted by Crippen LogP contribution is 2.23. The normalized spacial score (nSPS) is 14.0. The number of rotatable bonds is 5. The van der Waals surface area contributed by atoms with Crippen LogP contribution < -0.4 is 15.4 Å². The minimum Gasteiger partial charge on any atom is -0.485 e. The van der Waals surface area contributed by atoms with Crippen LogP contribution in [0.4, 0.5) is 4.79 Å². The number of hydrogen-bond donors (Lipinski definition) is 2. The topological polar surface area (TPSA) is 72.0 Å². The second-order valence-electron chi connectivity index (χ2n) is 6.15. The van der Waals surface area contributed by atoms with Crippen molar-refractivity contribution < 1.29 is 14.3 Å². The number of amidine groups is 1. The van der Waals surface area contributed by atoms with Crippen LogP contribution in [0.1, 0.15) is 26.3 Å². The molecule has 6 nitrogen and oxygen atoms in total. The zero-order valence-electron chi connectivity index (χ0n) is 13.6. The molecular weight excluding hydrogens is 318 g/mol. The van der Waals surface area contributed by atoms with E-state index in [0.29, 0.717) is 17.4 Å². The highest BCUT2D eigenvalue weighted by Gasteiger charge is 2.16. The molecule has 0 bridgehead atoms. The van der Waals surface area contributed by atoms with Gasteiger partial charge in [0.2, 0.25) is 0 Å². The summed E-state index contributed by atoms with van der Waals surface area (Å²) in [6, 6.07) is 5.29. The van der Waals surface area contributed by atoms with Gasteiger partial charge in [0, 0.05) is 23.7 Å². The van der Waals surface area contributed by atoms with Gasteiger partial charge >= 0.3 is 6.09 Å². The summed E-state index contributed by atoms with van der Waals surface area (Å²) in [4.78, 5) is 16.0. The van der Waals surface area contributed by atoms with Gasteiger partial charge in [-0.05, 0) is 39.0 Å². The lowest BCUT2D eigenvalue weighted by atomic mass is 10.2. The van der Waals surface area contributed by atoms with E-state index in [0.717, 1.165) is 24.5 Å². The number of benzene rings is 1. The third kappa shape index (κ3) is 5.98. The number of nitrogens with zero attached hydrogens (tertiary/aromatic N) is 1. The Kier molecular flexibility index (Phi) is 5.71. The van der Waals surface area contributed by atoms with Crippen LogP contribution in [0.2, 0.25) is 5.02 Å². The van der Waals surface area contributed by atoms with Crippen LogP contribution in [0.15, 0.2) is 23.2 Å². The summed E-state index contributed by atoms with van der Waals surface area (Å²) < 4.78 is 11.0. The van der Waals surface area contributed by atoms with Crippen molar-refractivity contribution in [1.29, 1.82) is 0 Å². The first kappa shape index (κ1) is 17.4. The number of halogens is 1. The molecule has 0 aromatic heterocycles. The minimum absolute atomic E-state index is 0.269. The molecule has 7 heteroatoms. The summed E-state index contributed by atoms with van der Waals surface area (Å²) >= 11 is 6.03. The third-order valence-corrected chi connectivity index (χ3v) is 3.19. The number of hydrogen-bond acceptors (Lipinski definition) is 5. The zero-order chi connectivity index (χ0) is 16.9. The van der Waals surface area contributed by atoms with Gasteiger partial charge in [-0.25, -0.2) is 4.79 Å². The highest BCUT2D eigenvalue weighted by atomic mass is 35.5. The van der Waals surface area contributed by atoms with E-state index in [1.54, 1.807) is 18.2 Å². The molecule has 0 saturated heterocycles. The first-order chi connectivity index (χ1) is 10.8. The summed E-state index contributed by atoms with van der Waals surface area (Å²) in [5, 5.41) is 6.43. The first-order valence-electron chi connectivity index (χ1n) is 7.49. The third-order valence-electron chi connectivity index (χ3n) is 2.95.